The van der Waals surface area contributed by atoms with E-state index >= 15 is 0 Å². The Bertz CT molecular complexity index is 437. The Labute approximate surface area is 105 Å². The van der Waals surface area contributed by atoms with Gasteiger partial charge in [-0.1, -0.05) is 6.07 Å². The van der Waals surface area contributed by atoms with Gasteiger partial charge in [0.05, 0.1) is 0 Å². The fraction of sp³-hybridized carbons (Fsp3) is 0.462. The first kappa shape index (κ1) is 12.8. The molecule has 1 saturated heterocycles. The van der Waals surface area contributed by atoms with Gasteiger partial charge in [0.15, 0.2) is 6.10 Å². The summed E-state index contributed by atoms with van der Waals surface area (Å²) in [4.78, 5) is 11.7. The van der Waals surface area contributed by atoms with Gasteiger partial charge in [0.1, 0.15) is 11.6 Å². The Balaban J connectivity index is 2.08. The molecule has 18 heavy (non-hydrogen) atoms. The molecule has 1 heterocycles. The van der Waals surface area contributed by atoms with Crippen molar-refractivity contribution in [3.63, 3.8) is 0 Å². The second-order valence-corrected chi connectivity index (χ2v) is 4.35. The quantitative estimate of drug-likeness (QED) is 0.853. The fourth-order valence-corrected chi connectivity index (χ4v) is 1.95. The number of amides is 1. The van der Waals surface area contributed by atoms with Gasteiger partial charge in [0.2, 0.25) is 0 Å². The van der Waals surface area contributed by atoms with Crippen LogP contribution in [0.4, 0.5) is 4.39 Å². The van der Waals surface area contributed by atoms with E-state index in [1.807, 2.05) is 0 Å². The van der Waals surface area contributed by atoms with Crippen LogP contribution < -0.4 is 15.8 Å². The maximum absolute atomic E-state index is 13.5. The number of ether oxygens (including phenoxy) is 1. The smallest absolute Gasteiger partial charge is 0.261 e. The van der Waals surface area contributed by atoms with Crippen molar-refractivity contribution in [3.05, 3.63) is 29.6 Å². The fourth-order valence-electron chi connectivity index (χ4n) is 1.95. The molecule has 1 aromatic rings. The highest BCUT2D eigenvalue weighted by Gasteiger charge is 2.22. The predicted molar refractivity (Wildman–Crippen MR) is 65.6 cm³/mol. The van der Waals surface area contributed by atoms with E-state index in [4.69, 9.17) is 10.5 Å². The zero-order valence-corrected chi connectivity index (χ0v) is 10.1. The molecule has 1 aliphatic heterocycles. The van der Waals surface area contributed by atoms with Gasteiger partial charge in [0.25, 0.3) is 5.91 Å². The molecule has 0 saturated carbocycles. The molecule has 0 aromatic heterocycles. The summed E-state index contributed by atoms with van der Waals surface area (Å²) in [6.45, 7) is 0.829. The van der Waals surface area contributed by atoms with Crippen molar-refractivity contribution in [2.24, 2.45) is 5.73 Å². The van der Waals surface area contributed by atoms with Crippen LogP contribution in [0.3, 0.4) is 0 Å². The van der Waals surface area contributed by atoms with Crippen LogP contribution in [0, 0.1) is 5.82 Å². The molecule has 1 aliphatic rings. The lowest BCUT2D eigenvalue weighted by Crippen LogP contribution is -2.36. The van der Waals surface area contributed by atoms with Crippen LogP contribution in [0.15, 0.2) is 18.2 Å². The molecule has 0 radical (unpaired) electrons. The standard InChI is InChI=1S/C13H17FN2O2/c14-11-7-10(5-4-9(11)8-15)18-12-3-1-2-6-16-13(12)17/h4-5,7,12H,1-3,6,8,15H2,(H,16,17). The normalized spacial score (nSPS) is 20.1. The first-order valence-corrected chi connectivity index (χ1v) is 6.13. The molecule has 0 spiro atoms. The Kier molecular flexibility index (Phi) is 4.15. The molecular weight excluding hydrogens is 235 g/mol. The van der Waals surface area contributed by atoms with Crippen LogP contribution in [-0.4, -0.2) is 18.6 Å². The van der Waals surface area contributed by atoms with Crippen molar-refractivity contribution < 1.29 is 13.9 Å². The Morgan fingerprint density at radius 1 is 1.44 bits per heavy atom. The number of hydrogen-bond donors (Lipinski definition) is 2. The summed E-state index contributed by atoms with van der Waals surface area (Å²) in [5.41, 5.74) is 5.82. The van der Waals surface area contributed by atoms with Crippen molar-refractivity contribution in [1.29, 1.82) is 0 Å². The van der Waals surface area contributed by atoms with Crippen LogP contribution in [-0.2, 0) is 11.3 Å². The van der Waals surface area contributed by atoms with E-state index in [1.54, 1.807) is 12.1 Å². The molecule has 1 fully saturated rings. The summed E-state index contributed by atoms with van der Waals surface area (Å²) in [7, 11) is 0. The predicted octanol–water partition coefficient (Wildman–Crippen LogP) is 1.33. The number of carbonyl (C=O) groups excluding carboxylic acids is 1. The van der Waals surface area contributed by atoms with E-state index in [0.717, 1.165) is 12.8 Å². The molecule has 4 nitrogen and oxygen atoms in total. The first-order chi connectivity index (χ1) is 8.70. The molecule has 98 valence electrons. The third-order valence-electron chi connectivity index (χ3n) is 3.01. The molecular formula is C13H17FN2O2. The Hall–Kier alpha value is -1.62. The van der Waals surface area contributed by atoms with E-state index < -0.39 is 11.9 Å². The Morgan fingerprint density at radius 2 is 2.28 bits per heavy atom. The van der Waals surface area contributed by atoms with Crippen molar-refractivity contribution >= 4 is 5.91 Å². The summed E-state index contributed by atoms with van der Waals surface area (Å²) in [6.07, 6.45) is 2.00. The number of nitrogens with two attached hydrogens (primary N) is 1. The Morgan fingerprint density at radius 3 is 3.00 bits per heavy atom. The molecule has 1 atom stereocenters. The van der Waals surface area contributed by atoms with E-state index in [0.29, 0.717) is 24.3 Å². The molecule has 5 heteroatoms. The molecule has 1 unspecified atom stereocenters. The molecule has 0 bridgehead atoms. The van der Waals surface area contributed by atoms with Crippen LogP contribution in [0.5, 0.6) is 5.75 Å². The lowest BCUT2D eigenvalue weighted by atomic mass is 10.1. The number of benzene rings is 1. The second-order valence-electron chi connectivity index (χ2n) is 4.35. The molecule has 2 rings (SSSR count). The minimum absolute atomic E-state index is 0.129. The topological polar surface area (TPSA) is 64.3 Å². The summed E-state index contributed by atoms with van der Waals surface area (Å²) in [5.74, 6) is -0.161. The highest BCUT2D eigenvalue weighted by Crippen LogP contribution is 2.20. The highest BCUT2D eigenvalue weighted by molar-refractivity contribution is 5.81. The van der Waals surface area contributed by atoms with Crippen LogP contribution in [0.2, 0.25) is 0 Å². The minimum atomic E-state index is -0.532. The lowest BCUT2D eigenvalue weighted by molar-refractivity contribution is -0.127. The van der Waals surface area contributed by atoms with Crippen LogP contribution in [0.1, 0.15) is 24.8 Å². The van der Waals surface area contributed by atoms with Crippen molar-refractivity contribution in [3.8, 4) is 5.75 Å². The number of carbonyl (C=O) groups is 1. The minimum Gasteiger partial charge on any atom is -0.481 e. The van der Waals surface area contributed by atoms with Gasteiger partial charge in [-0.2, -0.15) is 0 Å². The number of hydrogen-bond acceptors (Lipinski definition) is 3. The van der Waals surface area contributed by atoms with Crippen molar-refractivity contribution in [2.75, 3.05) is 6.54 Å². The number of nitrogens with one attached hydrogen (secondary N) is 1. The summed E-state index contributed by atoms with van der Waals surface area (Å²) < 4.78 is 19.1. The number of rotatable bonds is 3. The highest BCUT2D eigenvalue weighted by atomic mass is 19.1. The van der Waals surface area contributed by atoms with Crippen LogP contribution in [0.25, 0.3) is 0 Å². The molecule has 0 aliphatic carbocycles. The monoisotopic (exact) mass is 252 g/mol. The van der Waals surface area contributed by atoms with Crippen molar-refractivity contribution in [1.82, 2.24) is 5.32 Å². The molecule has 1 aromatic carbocycles. The van der Waals surface area contributed by atoms with Gasteiger partial charge in [-0.3, -0.25) is 4.79 Å². The second kappa shape index (κ2) is 5.82. The number of halogens is 1. The van der Waals surface area contributed by atoms with E-state index in [1.165, 1.54) is 6.07 Å². The summed E-state index contributed by atoms with van der Waals surface area (Å²) in [5, 5.41) is 2.77. The van der Waals surface area contributed by atoms with Crippen molar-refractivity contribution in [2.45, 2.75) is 31.9 Å². The first-order valence-electron chi connectivity index (χ1n) is 6.13. The largest absolute Gasteiger partial charge is 0.481 e. The van der Waals surface area contributed by atoms with Gasteiger partial charge in [-0.05, 0) is 25.3 Å². The van der Waals surface area contributed by atoms with E-state index in [2.05, 4.69) is 5.32 Å². The zero-order valence-electron chi connectivity index (χ0n) is 10.1. The van der Waals surface area contributed by atoms with Crippen LogP contribution >= 0.6 is 0 Å². The average Bonchev–Trinajstić information content (AvgIpc) is 2.55. The molecule has 3 N–H and O–H groups in total. The van der Waals surface area contributed by atoms with Gasteiger partial charge in [0, 0.05) is 24.7 Å². The SMILES string of the molecule is NCc1ccc(OC2CCCCNC2=O)cc1F. The third-order valence-corrected chi connectivity index (χ3v) is 3.01. The summed E-state index contributed by atoms with van der Waals surface area (Å²) in [6, 6.07) is 4.50. The van der Waals surface area contributed by atoms with Gasteiger partial charge in [-0.25, -0.2) is 4.39 Å². The van der Waals surface area contributed by atoms with E-state index in [9.17, 15) is 9.18 Å². The maximum atomic E-state index is 13.5. The average molecular weight is 252 g/mol. The lowest BCUT2D eigenvalue weighted by Gasteiger charge is -2.16. The van der Waals surface area contributed by atoms with E-state index in [-0.39, 0.29) is 12.5 Å². The molecule has 1 amide bonds. The van der Waals surface area contributed by atoms with Gasteiger partial charge >= 0.3 is 0 Å². The van der Waals surface area contributed by atoms with Gasteiger partial charge < -0.3 is 15.8 Å². The maximum Gasteiger partial charge on any atom is 0.261 e. The zero-order chi connectivity index (χ0) is 13.0. The third kappa shape index (κ3) is 2.98. The van der Waals surface area contributed by atoms with Gasteiger partial charge in [-0.15, -0.1) is 0 Å². The summed E-state index contributed by atoms with van der Waals surface area (Å²) >= 11 is 0.